The first-order valence-electron chi connectivity index (χ1n) is 8.67. The molecule has 2 aromatic rings. The van der Waals surface area contributed by atoms with Gasteiger partial charge in [-0.25, -0.2) is 9.31 Å². The summed E-state index contributed by atoms with van der Waals surface area (Å²) in [7, 11) is 3.49. The molecule has 0 atom stereocenters. The van der Waals surface area contributed by atoms with Gasteiger partial charge in [0.15, 0.2) is 0 Å². The molecule has 7 nitrogen and oxygen atoms in total. The lowest BCUT2D eigenvalue weighted by Gasteiger charge is -2.45. The normalized spacial score (nSPS) is 25.2. The molecular weight excluding hydrogens is 318 g/mol. The van der Waals surface area contributed by atoms with Crippen LogP contribution in [-0.4, -0.2) is 64.6 Å². The van der Waals surface area contributed by atoms with Crippen LogP contribution in [0.2, 0.25) is 0 Å². The molecule has 1 N–H and O–H groups in total. The highest BCUT2D eigenvalue weighted by atomic mass is 16.2. The van der Waals surface area contributed by atoms with Gasteiger partial charge in [-0.3, -0.25) is 4.79 Å². The van der Waals surface area contributed by atoms with Crippen LogP contribution in [0.5, 0.6) is 0 Å². The summed E-state index contributed by atoms with van der Waals surface area (Å²) in [6.07, 6.45) is 6.41. The summed E-state index contributed by atoms with van der Waals surface area (Å²) in [5.41, 5.74) is 1.68. The topological polar surface area (TPSA) is 70.0 Å². The van der Waals surface area contributed by atoms with E-state index in [9.17, 15) is 9.59 Å². The third-order valence-corrected chi connectivity index (χ3v) is 5.48. The van der Waals surface area contributed by atoms with E-state index >= 15 is 0 Å². The monoisotopic (exact) mass is 341 g/mol. The van der Waals surface area contributed by atoms with E-state index in [0.717, 1.165) is 37.9 Å². The number of nitrogens with one attached hydrogen (secondary N) is 1. The Kier molecular flexibility index (Phi) is 3.67. The molecule has 0 radical (unpaired) electrons. The van der Waals surface area contributed by atoms with Crippen molar-refractivity contribution in [3.8, 4) is 0 Å². The molecule has 1 saturated carbocycles. The van der Waals surface area contributed by atoms with Crippen molar-refractivity contribution in [2.75, 3.05) is 27.2 Å². The van der Waals surface area contributed by atoms with Crippen molar-refractivity contribution >= 4 is 17.5 Å². The van der Waals surface area contributed by atoms with Crippen LogP contribution in [0.4, 0.5) is 4.79 Å². The molecule has 1 aliphatic heterocycles. The van der Waals surface area contributed by atoms with Gasteiger partial charge in [-0.15, -0.1) is 0 Å². The van der Waals surface area contributed by atoms with E-state index in [1.54, 1.807) is 29.7 Å². The zero-order valence-corrected chi connectivity index (χ0v) is 14.6. The molecular formula is C18H23N5O2. The Bertz CT molecular complexity index is 822. The Morgan fingerprint density at radius 1 is 1.32 bits per heavy atom. The molecule has 0 bridgehead atoms. The van der Waals surface area contributed by atoms with Gasteiger partial charge >= 0.3 is 6.03 Å². The van der Waals surface area contributed by atoms with E-state index in [-0.39, 0.29) is 23.4 Å². The molecule has 2 aliphatic rings. The second-order valence-electron chi connectivity index (χ2n) is 7.51. The lowest BCUT2D eigenvalue weighted by atomic mass is 9.65. The Hall–Kier alpha value is -2.57. The van der Waals surface area contributed by atoms with Gasteiger partial charge in [0.2, 0.25) is 0 Å². The number of carbonyl (C=O) groups excluding carboxylic acids is 2. The predicted molar refractivity (Wildman–Crippen MR) is 93.4 cm³/mol. The quantitative estimate of drug-likeness (QED) is 0.902. The number of urea groups is 1. The van der Waals surface area contributed by atoms with Gasteiger partial charge in [-0.2, -0.15) is 5.10 Å². The standard InChI is InChI=1S/C18H23N5O2/c1-21(2)17(25)20-13-9-18(10-13)6-8-22(12-18)16(24)14-11-19-23-7-4-3-5-15(14)23/h3-5,7,11,13H,6,8-10,12H2,1-2H3,(H,20,25). The third-order valence-electron chi connectivity index (χ3n) is 5.48. The SMILES string of the molecule is CN(C)C(=O)NC1CC2(CCN(C(=O)c3cnn4ccccc34)C2)C1. The summed E-state index contributed by atoms with van der Waals surface area (Å²) >= 11 is 0. The number of carbonyl (C=O) groups is 2. The van der Waals surface area contributed by atoms with Crippen molar-refractivity contribution in [1.82, 2.24) is 24.7 Å². The van der Waals surface area contributed by atoms with Crippen molar-refractivity contribution in [3.63, 3.8) is 0 Å². The van der Waals surface area contributed by atoms with Crippen molar-refractivity contribution in [3.05, 3.63) is 36.2 Å². The average molecular weight is 341 g/mol. The third kappa shape index (κ3) is 2.73. The highest BCUT2D eigenvalue weighted by molar-refractivity contribution is 6.00. The Labute approximate surface area is 146 Å². The molecule has 3 amide bonds. The van der Waals surface area contributed by atoms with Gasteiger partial charge in [0.05, 0.1) is 17.3 Å². The number of likely N-dealkylation sites (tertiary alicyclic amines) is 1. The van der Waals surface area contributed by atoms with Crippen LogP contribution < -0.4 is 5.32 Å². The molecule has 0 unspecified atom stereocenters. The second-order valence-corrected chi connectivity index (χ2v) is 7.51. The molecule has 1 spiro atoms. The van der Waals surface area contributed by atoms with Crippen LogP contribution in [-0.2, 0) is 0 Å². The first-order valence-corrected chi connectivity index (χ1v) is 8.67. The fourth-order valence-corrected chi connectivity index (χ4v) is 4.10. The number of hydrogen-bond donors (Lipinski definition) is 1. The zero-order valence-electron chi connectivity index (χ0n) is 14.6. The summed E-state index contributed by atoms with van der Waals surface area (Å²) in [6.45, 7) is 1.54. The molecule has 1 aliphatic carbocycles. The molecule has 3 heterocycles. The van der Waals surface area contributed by atoms with Crippen LogP contribution in [0.1, 0.15) is 29.6 Å². The van der Waals surface area contributed by atoms with Crippen LogP contribution in [0, 0.1) is 5.41 Å². The number of aromatic nitrogens is 2. The van der Waals surface area contributed by atoms with Crippen LogP contribution in [0.15, 0.2) is 30.6 Å². The summed E-state index contributed by atoms with van der Waals surface area (Å²) < 4.78 is 1.73. The zero-order chi connectivity index (χ0) is 17.6. The largest absolute Gasteiger partial charge is 0.338 e. The molecule has 4 rings (SSSR count). The maximum Gasteiger partial charge on any atom is 0.317 e. The summed E-state index contributed by atoms with van der Waals surface area (Å²) in [4.78, 5) is 28.1. The van der Waals surface area contributed by atoms with E-state index in [4.69, 9.17) is 0 Å². The predicted octanol–water partition coefficient (Wildman–Crippen LogP) is 1.60. The van der Waals surface area contributed by atoms with Crippen molar-refractivity contribution in [2.24, 2.45) is 5.41 Å². The summed E-state index contributed by atoms with van der Waals surface area (Å²) in [6, 6.07) is 5.92. The number of pyridine rings is 1. The minimum atomic E-state index is -0.0443. The Morgan fingerprint density at radius 2 is 2.12 bits per heavy atom. The van der Waals surface area contributed by atoms with Crippen LogP contribution in [0.25, 0.3) is 5.52 Å². The Balaban J connectivity index is 1.40. The van der Waals surface area contributed by atoms with Gasteiger partial charge in [-0.1, -0.05) is 6.07 Å². The number of hydrogen-bond acceptors (Lipinski definition) is 3. The molecule has 25 heavy (non-hydrogen) atoms. The highest BCUT2D eigenvalue weighted by Crippen LogP contribution is 2.48. The smallest absolute Gasteiger partial charge is 0.317 e. The van der Waals surface area contributed by atoms with E-state index in [1.165, 1.54) is 0 Å². The van der Waals surface area contributed by atoms with E-state index in [1.807, 2.05) is 29.3 Å². The van der Waals surface area contributed by atoms with Crippen molar-refractivity contribution < 1.29 is 9.59 Å². The lowest BCUT2D eigenvalue weighted by molar-refractivity contribution is 0.0666. The molecule has 0 aromatic carbocycles. The molecule has 1 saturated heterocycles. The highest BCUT2D eigenvalue weighted by Gasteiger charge is 2.50. The lowest BCUT2D eigenvalue weighted by Crippen LogP contribution is -2.54. The number of rotatable bonds is 2. The molecule has 7 heteroatoms. The maximum atomic E-state index is 12.9. The molecule has 132 valence electrons. The average Bonchev–Trinajstić information content (AvgIpc) is 3.18. The first kappa shape index (κ1) is 15.9. The summed E-state index contributed by atoms with van der Waals surface area (Å²) in [5.74, 6) is 0.0545. The Morgan fingerprint density at radius 3 is 2.88 bits per heavy atom. The fourth-order valence-electron chi connectivity index (χ4n) is 4.10. The second kappa shape index (κ2) is 5.75. The fraction of sp³-hybridized carbons (Fsp3) is 0.500. The number of amides is 3. The van der Waals surface area contributed by atoms with Crippen molar-refractivity contribution in [1.29, 1.82) is 0 Å². The summed E-state index contributed by atoms with van der Waals surface area (Å²) in [5, 5.41) is 7.29. The van der Waals surface area contributed by atoms with Gasteiger partial charge in [0.1, 0.15) is 0 Å². The minimum Gasteiger partial charge on any atom is -0.338 e. The van der Waals surface area contributed by atoms with Gasteiger partial charge in [-0.05, 0) is 36.8 Å². The van der Waals surface area contributed by atoms with Crippen LogP contribution >= 0.6 is 0 Å². The first-order chi connectivity index (χ1) is 12.0. The minimum absolute atomic E-state index is 0.0443. The van der Waals surface area contributed by atoms with Crippen LogP contribution in [0.3, 0.4) is 0 Å². The van der Waals surface area contributed by atoms with Gasteiger partial charge < -0.3 is 15.1 Å². The van der Waals surface area contributed by atoms with E-state index < -0.39 is 0 Å². The van der Waals surface area contributed by atoms with Gasteiger partial charge in [0.25, 0.3) is 5.91 Å². The number of nitrogens with zero attached hydrogens (tertiary/aromatic N) is 4. The van der Waals surface area contributed by atoms with E-state index in [2.05, 4.69) is 10.4 Å². The van der Waals surface area contributed by atoms with Crippen molar-refractivity contribution in [2.45, 2.75) is 25.3 Å². The molecule has 2 aromatic heterocycles. The molecule has 2 fully saturated rings. The van der Waals surface area contributed by atoms with E-state index in [0.29, 0.717) is 5.56 Å². The maximum absolute atomic E-state index is 12.9. The number of fused-ring (bicyclic) bond motifs is 1. The van der Waals surface area contributed by atoms with Gasteiger partial charge in [0, 0.05) is 39.4 Å².